The predicted molar refractivity (Wildman–Crippen MR) is 131 cm³/mol. The maximum absolute atomic E-state index is 12.8. The van der Waals surface area contributed by atoms with Crippen LogP contribution in [-0.2, 0) is 9.59 Å². The number of nitrogens with one attached hydrogen (secondary N) is 2. The number of para-hydroxylation sites is 1. The summed E-state index contributed by atoms with van der Waals surface area (Å²) in [5.74, 6) is -0.287. The second kappa shape index (κ2) is 10.1. The van der Waals surface area contributed by atoms with Crippen molar-refractivity contribution in [1.29, 1.82) is 0 Å². The zero-order valence-electron chi connectivity index (χ0n) is 19.8. The zero-order chi connectivity index (χ0) is 24.2. The van der Waals surface area contributed by atoms with Crippen molar-refractivity contribution in [3.8, 4) is 0 Å². The number of hydrogen-bond donors (Lipinski definition) is 2. The number of carbonyl (C=O) groups excluding carboxylic acids is 3. The molecule has 0 saturated carbocycles. The Morgan fingerprint density at radius 2 is 1.59 bits per heavy atom. The fraction of sp³-hybridized carbons (Fsp3) is 0.346. The number of benzene rings is 2. The van der Waals surface area contributed by atoms with Crippen molar-refractivity contribution in [2.24, 2.45) is 0 Å². The van der Waals surface area contributed by atoms with Crippen LogP contribution >= 0.6 is 0 Å². The highest BCUT2D eigenvalue weighted by molar-refractivity contribution is 5.97. The summed E-state index contributed by atoms with van der Waals surface area (Å²) in [5.41, 5.74) is 4.60. The highest BCUT2D eigenvalue weighted by Crippen LogP contribution is 2.22. The van der Waals surface area contributed by atoms with Crippen molar-refractivity contribution in [3.05, 3.63) is 64.9 Å². The Labute approximate surface area is 198 Å². The van der Waals surface area contributed by atoms with E-state index in [1.54, 1.807) is 11.0 Å². The number of furan rings is 1. The molecule has 1 aliphatic heterocycles. The first-order valence-corrected chi connectivity index (χ1v) is 11.4. The number of amides is 3. The topological polar surface area (TPSA) is 94.9 Å². The lowest BCUT2D eigenvalue weighted by Crippen LogP contribution is -2.51. The Balaban J connectivity index is 1.21. The number of carbonyl (C=O) groups is 3. The molecule has 0 spiro atoms. The summed E-state index contributed by atoms with van der Waals surface area (Å²) in [6.07, 6.45) is 0. The molecule has 3 aromatic rings. The Morgan fingerprint density at radius 3 is 2.26 bits per heavy atom. The summed E-state index contributed by atoms with van der Waals surface area (Å²) in [6, 6.07) is 13.3. The van der Waals surface area contributed by atoms with Gasteiger partial charge in [-0.3, -0.25) is 19.3 Å². The predicted octanol–water partition coefficient (Wildman–Crippen LogP) is 2.87. The average Bonchev–Trinajstić information content (AvgIpc) is 3.24. The monoisotopic (exact) mass is 462 g/mol. The highest BCUT2D eigenvalue weighted by Gasteiger charge is 2.25. The smallest absolute Gasteiger partial charge is 0.289 e. The molecule has 178 valence electrons. The van der Waals surface area contributed by atoms with Crippen molar-refractivity contribution in [2.75, 3.05) is 44.6 Å². The summed E-state index contributed by atoms with van der Waals surface area (Å²) in [4.78, 5) is 41.2. The zero-order valence-corrected chi connectivity index (χ0v) is 19.8. The third-order valence-electron chi connectivity index (χ3n) is 6.05. The van der Waals surface area contributed by atoms with E-state index < -0.39 is 0 Å². The van der Waals surface area contributed by atoms with Crippen LogP contribution in [0.1, 0.15) is 27.2 Å². The molecule has 0 bridgehead atoms. The van der Waals surface area contributed by atoms with Crippen molar-refractivity contribution in [3.63, 3.8) is 0 Å². The van der Waals surface area contributed by atoms with Gasteiger partial charge < -0.3 is 20.0 Å². The van der Waals surface area contributed by atoms with E-state index in [-0.39, 0.29) is 30.8 Å². The fourth-order valence-electron chi connectivity index (χ4n) is 4.35. The molecule has 1 aromatic heterocycles. The van der Waals surface area contributed by atoms with Crippen LogP contribution in [-0.4, -0.2) is 66.8 Å². The second-order valence-corrected chi connectivity index (χ2v) is 8.82. The number of hydrogen-bond acceptors (Lipinski definition) is 5. The Morgan fingerprint density at radius 1 is 0.912 bits per heavy atom. The van der Waals surface area contributed by atoms with Gasteiger partial charge in [0.05, 0.1) is 13.1 Å². The van der Waals surface area contributed by atoms with Gasteiger partial charge in [-0.2, -0.15) is 0 Å². The van der Waals surface area contributed by atoms with E-state index in [0.29, 0.717) is 37.5 Å². The van der Waals surface area contributed by atoms with Gasteiger partial charge in [0.1, 0.15) is 5.58 Å². The van der Waals surface area contributed by atoms with Crippen LogP contribution in [0.5, 0.6) is 0 Å². The number of anilines is 1. The van der Waals surface area contributed by atoms with Crippen LogP contribution in [0.3, 0.4) is 0 Å². The lowest BCUT2D eigenvalue weighted by Gasteiger charge is -2.33. The third kappa shape index (κ3) is 5.46. The highest BCUT2D eigenvalue weighted by atomic mass is 16.3. The standard InChI is InChI=1S/C26H30N4O4/c1-17-12-18(2)25(19(3)13-17)28-23(31)15-27-24(32)16-29-8-10-30(11-9-29)26(33)22-14-20-6-4-5-7-21(20)34-22/h4-7,12-14H,8-11,15-16H2,1-3H3,(H,27,32)(H,28,31). The van der Waals surface area contributed by atoms with Gasteiger partial charge in [0, 0.05) is 37.3 Å². The van der Waals surface area contributed by atoms with Crippen molar-refractivity contribution in [1.82, 2.24) is 15.1 Å². The summed E-state index contributed by atoms with van der Waals surface area (Å²) in [5, 5.41) is 6.48. The minimum atomic E-state index is -0.260. The second-order valence-electron chi connectivity index (χ2n) is 8.82. The minimum Gasteiger partial charge on any atom is -0.451 e. The van der Waals surface area contributed by atoms with E-state index in [4.69, 9.17) is 4.42 Å². The van der Waals surface area contributed by atoms with E-state index in [2.05, 4.69) is 10.6 Å². The van der Waals surface area contributed by atoms with Gasteiger partial charge in [0.15, 0.2) is 5.76 Å². The van der Waals surface area contributed by atoms with Crippen LogP contribution in [0.4, 0.5) is 5.69 Å². The first-order chi connectivity index (χ1) is 16.3. The number of aryl methyl sites for hydroxylation is 3. The summed E-state index contributed by atoms with van der Waals surface area (Å²) in [7, 11) is 0. The molecule has 0 aliphatic carbocycles. The molecule has 8 heteroatoms. The molecule has 4 rings (SSSR count). The molecule has 1 aliphatic rings. The van der Waals surface area contributed by atoms with E-state index in [0.717, 1.165) is 27.8 Å². The first kappa shape index (κ1) is 23.5. The quantitative estimate of drug-likeness (QED) is 0.588. The van der Waals surface area contributed by atoms with E-state index >= 15 is 0 Å². The van der Waals surface area contributed by atoms with Crippen LogP contribution in [0.25, 0.3) is 11.0 Å². The lowest BCUT2D eigenvalue weighted by atomic mass is 10.1. The van der Waals surface area contributed by atoms with Crippen molar-refractivity contribution >= 4 is 34.4 Å². The van der Waals surface area contributed by atoms with E-state index in [1.807, 2.05) is 62.1 Å². The molecule has 1 saturated heterocycles. The summed E-state index contributed by atoms with van der Waals surface area (Å²) >= 11 is 0. The maximum Gasteiger partial charge on any atom is 0.289 e. The van der Waals surface area contributed by atoms with E-state index in [9.17, 15) is 14.4 Å². The molecule has 8 nitrogen and oxygen atoms in total. The number of nitrogens with zero attached hydrogens (tertiary/aromatic N) is 2. The van der Waals surface area contributed by atoms with Gasteiger partial charge in [0.2, 0.25) is 11.8 Å². The molecule has 1 fully saturated rings. The van der Waals surface area contributed by atoms with Crippen LogP contribution < -0.4 is 10.6 Å². The fourth-order valence-corrected chi connectivity index (χ4v) is 4.35. The van der Waals surface area contributed by atoms with Crippen molar-refractivity contribution < 1.29 is 18.8 Å². The average molecular weight is 463 g/mol. The van der Waals surface area contributed by atoms with Gasteiger partial charge in [0.25, 0.3) is 5.91 Å². The number of fused-ring (bicyclic) bond motifs is 1. The molecular weight excluding hydrogens is 432 g/mol. The summed E-state index contributed by atoms with van der Waals surface area (Å²) < 4.78 is 5.69. The van der Waals surface area contributed by atoms with Gasteiger partial charge in [-0.15, -0.1) is 0 Å². The first-order valence-electron chi connectivity index (χ1n) is 11.4. The Hall–Kier alpha value is -3.65. The van der Waals surface area contributed by atoms with Gasteiger partial charge in [-0.25, -0.2) is 0 Å². The lowest BCUT2D eigenvalue weighted by molar-refractivity contribution is -0.125. The van der Waals surface area contributed by atoms with Crippen LogP contribution in [0.2, 0.25) is 0 Å². The molecule has 0 radical (unpaired) electrons. The Kier molecular flexibility index (Phi) is 6.98. The van der Waals surface area contributed by atoms with Gasteiger partial charge in [-0.05, 0) is 44.0 Å². The molecule has 2 aromatic carbocycles. The molecule has 34 heavy (non-hydrogen) atoms. The summed E-state index contributed by atoms with van der Waals surface area (Å²) in [6.45, 7) is 8.19. The largest absolute Gasteiger partial charge is 0.451 e. The van der Waals surface area contributed by atoms with Gasteiger partial charge in [-0.1, -0.05) is 35.9 Å². The molecule has 2 heterocycles. The SMILES string of the molecule is Cc1cc(C)c(NC(=O)CNC(=O)CN2CCN(C(=O)c3cc4ccccc4o3)CC2)c(C)c1. The Bertz CT molecular complexity index is 1170. The van der Waals surface area contributed by atoms with Crippen molar-refractivity contribution in [2.45, 2.75) is 20.8 Å². The minimum absolute atomic E-state index is 0.0872. The van der Waals surface area contributed by atoms with Gasteiger partial charge >= 0.3 is 0 Å². The van der Waals surface area contributed by atoms with Crippen LogP contribution in [0, 0.1) is 20.8 Å². The third-order valence-corrected chi connectivity index (χ3v) is 6.05. The van der Waals surface area contributed by atoms with Crippen LogP contribution in [0.15, 0.2) is 46.9 Å². The molecule has 2 N–H and O–H groups in total. The maximum atomic E-state index is 12.8. The number of rotatable bonds is 6. The molecule has 0 atom stereocenters. The molecular formula is C26H30N4O4. The molecule has 0 unspecified atom stereocenters. The normalized spacial score (nSPS) is 14.3. The molecule has 3 amide bonds. The number of piperazine rings is 1. The van der Waals surface area contributed by atoms with E-state index in [1.165, 1.54) is 0 Å².